The molecule has 0 spiro atoms. The monoisotopic (exact) mass is 408 g/mol. The van der Waals surface area contributed by atoms with Gasteiger partial charge in [-0.3, -0.25) is 4.79 Å². The van der Waals surface area contributed by atoms with Crippen molar-refractivity contribution >= 4 is 11.9 Å². The lowest BCUT2D eigenvalue weighted by Gasteiger charge is -2.40. The highest BCUT2D eigenvalue weighted by molar-refractivity contribution is 5.81. The van der Waals surface area contributed by atoms with Crippen LogP contribution in [0.5, 0.6) is 0 Å². The largest absolute Gasteiger partial charge is 0.459 e. The van der Waals surface area contributed by atoms with Crippen LogP contribution >= 0.6 is 0 Å². The minimum Gasteiger partial charge on any atom is -0.459 e. The maximum absolute atomic E-state index is 13.1. The molecule has 9 heteroatoms. The molecule has 4 nitrogen and oxygen atoms in total. The van der Waals surface area contributed by atoms with Gasteiger partial charge in [-0.2, -0.15) is 22.0 Å². The summed E-state index contributed by atoms with van der Waals surface area (Å²) in [7, 11) is 0. The van der Waals surface area contributed by atoms with E-state index in [1.54, 1.807) is 0 Å². The summed E-state index contributed by atoms with van der Waals surface area (Å²) in [6, 6.07) is 0. The fraction of sp³-hybridized carbons (Fsp3) is 0.789. The van der Waals surface area contributed by atoms with Gasteiger partial charge < -0.3 is 9.47 Å². The molecule has 4 aliphatic rings. The number of alkyl halides is 5. The van der Waals surface area contributed by atoms with Gasteiger partial charge in [0, 0.05) is 6.08 Å². The number of hydrogen-bond acceptors (Lipinski definition) is 4. The Morgan fingerprint density at radius 3 is 2.25 bits per heavy atom. The van der Waals surface area contributed by atoms with Gasteiger partial charge in [0.1, 0.15) is 6.10 Å². The van der Waals surface area contributed by atoms with Crippen molar-refractivity contribution in [3.8, 4) is 0 Å². The van der Waals surface area contributed by atoms with E-state index in [0.29, 0.717) is 18.3 Å². The number of hydrogen-bond donors (Lipinski definition) is 0. The van der Waals surface area contributed by atoms with Crippen molar-refractivity contribution < 1.29 is 41.0 Å². The summed E-state index contributed by atoms with van der Waals surface area (Å²) in [5.74, 6) is -6.01. The van der Waals surface area contributed by atoms with Gasteiger partial charge in [0.2, 0.25) is 0 Å². The maximum atomic E-state index is 13.1. The predicted molar refractivity (Wildman–Crippen MR) is 84.9 cm³/mol. The molecule has 4 fully saturated rings. The van der Waals surface area contributed by atoms with Crippen LogP contribution in [0.3, 0.4) is 0 Å². The summed E-state index contributed by atoms with van der Waals surface area (Å²) in [6.45, 7) is 1.40. The highest BCUT2D eigenvalue weighted by atomic mass is 19.4. The van der Waals surface area contributed by atoms with Crippen LogP contribution in [0.1, 0.15) is 25.7 Å². The Morgan fingerprint density at radius 2 is 1.61 bits per heavy atom. The summed E-state index contributed by atoms with van der Waals surface area (Å²) >= 11 is 0. The second-order valence-corrected chi connectivity index (χ2v) is 8.54. The van der Waals surface area contributed by atoms with Crippen LogP contribution in [0.25, 0.3) is 0 Å². The SMILES string of the molecule is C=CC(=O)OC1CC2CC1C1C3CC(CC3C(=O)OCC(F)(F)C(F)(F)F)C21. The lowest BCUT2D eigenvalue weighted by molar-refractivity contribution is -0.294. The number of ether oxygens (including phenoxy) is 2. The quantitative estimate of drug-likeness (QED) is 0.301. The summed E-state index contributed by atoms with van der Waals surface area (Å²) in [5.41, 5.74) is 0. The third-order valence-electron chi connectivity index (χ3n) is 7.31. The van der Waals surface area contributed by atoms with E-state index < -0.39 is 36.6 Å². The molecule has 8 atom stereocenters. The van der Waals surface area contributed by atoms with Crippen molar-refractivity contribution in [2.45, 2.75) is 43.9 Å². The second kappa shape index (κ2) is 6.42. The predicted octanol–water partition coefficient (Wildman–Crippen LogP) is 3.75. The average Bonchev–Trinajstić information content (AvgIpc) is 3.36. The van der Waals surface area contributed by atoms with E-state index in [4.69, 9.17) is 4.74 Å². The van der Waals surface area contributed by atoms with Gasteiger partial charge >= 0.3 is 24.0 Å². The molecule has 156 valence electrons. The van der Waals surface area contributed by atoms with Gasteiger partial charge in [0.05, 0.1) is 5.92 Å². The Labute approximate surface area is 158 Å². The lowest BCUT2D eigenvalue weighted by atomic mass is 9.67. The van der Waals surface area contributed by atoms with Crippen LogP contribution in [-0.2, 0) is 19.1 Å². The van der Waals surface area contributed by atoms with Crippen molar-refractivity contribution in [2.24, 2.45) is 41.4 Å². The minimum absolute atomic E-state index is 0.0983. The molecule has 8 unspecified atom stereocenters. The van der Waals surface area contributed by atoms with E-state index in [2.05, 4.69) is 11.3 Å². The van der Waals surface area contributed by atoms with Gasteiger partial charge in [-0.15, -0.1) is 0 Å². The second-order valence-electron chi connectivity index (χ2n) is 8.54. The van der Waals surface area contributed by atoms with Crippen LogP contribution in [0.15, 0.2) is 12.7 Å². The highest BCUT2D eigenvalue weighted by Crippen LogP contribution is 2.69. The Balaban J connectivity index is 1.41. The van der Waals surface area contributed by atoms with E-state index in [0.717, 1.165) is 25.3 Å². The molecule has 0 N–H and O–H groups in total. The third kappa shape index (κ3) is 2.92. The normalized spacial score (nSPS) is 41.0. The fourth-order valence-electron chi connectivity index (χ4n) is 6.50. The molecule has 0 aromatic carbocycles. The first-order valence-corrected chi connectivity index (χ1v) is 9.47. The molecule has 4 bridgehead atoms. The van der Waals surface area contributed by atoms with Gasteiger partial charge in [-0.05, 0) is 61.2 Å². The third-order valence-corrected chi connectivity index (χ3v) is 7.31. The fourth-order valence-corrected chi connectivity index (χ4v) is 6.50. The van der Waals surface area contributed by atoms with Crippen LogP contribution in [0.4, 0.5) is 22.0 Å². The van der Waals surface area contributed by atoms with Crippen molar-refractivity contribution in [1.29, 1.82) is 0 Å². The van der Waals surface area contributed by atoms with Gasteiger partial charge in [0.25, 0.3) is 0 Å². The number of fused-ring (bicyclic) bond motifs is 9. The Hall–Kier alpha value is -1.67. The van der Waals surface area contributed by atoms with E-state index in [9.17, 15) is 31.5 Å². The highest BCUT2D eigenvalue weighted by Gasteiger charge is 2.67. The van der Waals surface area contributed by atoms with Crippen LogP contribution in [0.2, 0.25) is 0 Å². The number of halogens is 5. The van der Waals surface area contributed by atoms with Crippen LogP contribution < -0.4 is 0 Å². The van der Waals surface area contributed by atoms with E-state index in [1.165, 1.54) is 0 Å². The van der Waals surface area contributed by atoms with Crippen molar-refractivity contribution in [1.82, 2.24) is 0 Å². The van der Waals surface area contributed by atoms with Gasteiger partial charge in [-0.1, -0.05) is 6.58 Å². The molecule has 4 saturated carbocycles. The molecular weight excluding hydrogens is 387 g/mol. The first-order chi connectivity index (χ1) is 13.0. The molecule has 4 aliphatic carbocycles. The summed E-state index contributed by atoms with van der Waals surface area (Å²) < 4.78 is 72.8. The minimum atomic E-state index is -5.75. The zero-order valence-electron chi connectivity index (χ0n) is 15.0. The van der Waals surface area contributed by atoms with E-state index in [-0.39, 0.29) is 29.8 Å². The standard InChI is InChI=1S/C19H21F5O4/c1-2-14(25)28-13-6-9-5-12(13)16-10-3-8(15(9)16)4-11(10)17(26)27-7-18(20,21)19(22,23)24/h2,8-13,15-16H,1,3-7H2. The zero-order valence-corrected chi connectivity index (χ0v) is 15.0. The first kappa shape index (κ1) is 19.6. The summed E-state index contributed by atoms with van der Waals surface area (Å²) in [5, 5.41) is 0. The first-order valence-electron chi connectivity index (χ1n) is 9.47. The van der Waals surface area contributed by atoms with Gasteiger partial charge in [0.15, 0.2) is 6.61 Å². The van der Waals surface area contributed by atoms with Crippen LogP contribution in [-0.4, -0.2) is 36.7 Å². The summed E-state index contributed by atoms with van der Waals surface area (Å²) in [4.78, 5) is 23.8. The molecule has 0 heterocycles. The number of esters is 2. The van der Waals surface area contributed by atoms with Crippen molar-refractivity contribution in [3.63, 3.8) is 0 Å². The Kier molecular flexibility index (Phi) is 4.50. The maximum Gasteiger partial charge on any atom is 0.456 e. The molecule has 28 heavy (non-hydrogen) atoms. The van der Waals surface area contributed by atoms with Crippen LogP contribution in [0, 0.1) is 41.4 Å². The van der Waals surface area contributed by atoms with E-state index >= 15 is 0 Å². The molecule has 4 rings (SSSR count). The number of carbonyl (C=O) groups is 2. The Bertz CT molecular complexity index is 690. The lowest BCUT2D eigenvalue weighted by Crippen LogP contribution is -2.44. The van der Waals surface area contributed by atoms with Crippen molar-refractivity contribution in [2.75, 3.05) is 6.61 Å². The summed E-state index contributed by atoms with van der Waals surface area (Å²) in [6.07, 6.45) is -2.00. The number of carbonyl (C=O) groups excluding carboxylic acids is 2. The molecule has 0 aromatic heterocycles. The Morgan fingerprint density at radius 1 is 0.964 bits per heavy atom. The van der Waals surface area contributed by atoms with Crippen molar-refractivity contribution in [3.05, 3.63) is 12.7 Å². The molecule has 0 aliphatic heterocycles. The molecule has 0 amide bonds. The molecule has 0 aromatic rings. The van der Waals surface area contributed by atoms with E-state index in [1.807, 2.05) is 0 Å². The molecule has 0 saturated heterocycles. The molecular formula is C19H21F5O4. The topological polar surface area (TPSA) is 52.6 Å². The van der Waals surface area contributed by atoms with Gasteiger partial charge in [-0.25, -0.2) is 4.79 Å². The zero-order chi connectivity index (χ0) is 20.4. The average molecular weight is 408 g/mol. The smallest absolute Gasteiger partial charge is 0.456 e. The molecule has 0 radical (unpaired) electrons. The number of rotatable bonds is 5.